The Morgan fingerprint density at radius 3 is 1.84 bits per heavy atom. The summed E-state index contributed by atoms with van der Waals surface area (Å²) in [5.74, 6) is 11.9. The third-order valence-corrected chi connectivity index (χ3v) is 5.19. The Morgan fingerprint density at radius 1 is 0.969 bits per heavy atom. The number of hydrogen-bond donors (Lipinski definition) is 5. The average Bonchev–Trinajstić information content (AvgIpc) is 2.67. The van der Waals surface area contributed by atoms with E-state index in [9.17, 15) is 5.21 Å². The van der Waals surface area contributed by atoms with Gasteiger partial charge in [0.2, 0.25) is 0 Å². The molecule has 1 saturated heterocycles. The molecule has 0 aliphatic carbocycles. The lowest BCUT2D eigenvalue weighted by molar-refractivity contribution is -0.260. The molecule has 0 saturated carbocycles. The lowest BCUT2D eigenvalue weighted by Crippen LogP contribution is -2.60. The van der Waals surface area contributed by atoms with Crippen molar-refractivity contribution < 1.29 is 9.94 Å². The van der Waals surface area contributed by atoms with Crippen LogP contribution in [0.1, 0.15) is 87.0 Å². The highest BCUT2D eigenvalue weighted by molar-refractivity contribution is 5.00. The van der Waals surface area contributed by atoms with Crippen LogP contribution in [-0.4, -0.2) is 57.2 Å². The first kappa shape index (κ1) is 30.5. The lowest BCUT2D eigenvalue weighted by Gasteiger charge is -2.51. The highest BCUT2D eigenvalue weighted by Crippen LogP contribution is 2.37. The molecule has 0 amide bonds. The summed E-state index contributed by atoms with van der Waals surface area (Å²) < 4.78 is 6.01. The van der Waals surface area contributed by atoms with Gasteiger partial charge in [0.25, 0.3) is 0 Å². The van der Waals surface area contributed by atoms with E-state index in [2.05, 4.69) is 20.8 Å². The van der Waals surface area contributed by atoms with Crippen molar-refractivity contribution in [2.75, 3.05) is 19.7 Å². The Kier molecular flexibility index (Phi) is 13.9. The van der Waals surface area contributed by atoms with E-state index in [1.807, 2.05) is 27.7 Å². The van der Waals surface area contributed by atoms with Gasteiger partial charge >= 0.3 is 0 Å². The van der Waals surface area contributed by atoms with Gasteiger partial charge in [-0.15, -0.1) is 0 Å². The molecule has 32 heavy (non-hydrogen) atoms. The van der Waals surface area contributed by atoms with Crippen molar-refractivity contribution in [2.24, 2.45) is 23.2 Å². The zero-order valence-corrected chi connectivity index (χ0v) is 21.6. The van der Waals surface area contributed by atoms with Gasteiger partial charge in [0.1, 0.15) is 0 Å². The minimum absolute atomic E-state index is 0.0114. The number of hydroxylamine groups is 2. The van der Waals surface area contributed by atoms with Crippen LogP contribution < -0.4 is 23.2 Å². The number of piperidine rings is 1. The summed E-state index contributed by atoms with van der Waals surface area (Å²) in [7, 11) is 0. The van der Waals surface area contributed by atoms with Crippen molar-refractivity contribution >= 4 is 0 Å². The van der Waals surface area contributed by atoms with Crippen molar-refractivity contribution in [3.8, 4) is 0 Å². The fourth-order valence-corrected chi connectivity index (χ4v) is 3.78. The fourth-order valence-electron chi connectivity index (χ4n) is 3.78. The second-order valence-corrected chi connectivity index (χ2v) is 9.97. The number of hydrogen-bond acceptors (Lipinski definition) is 9. The molecule has 0 atom stereocenters. The van der Waals surface area contributed by atoms with Crippen LogP contribution in [0.3, 0.4) is 0 Å². The Bertz CT molecular complexity index is 561. The lowest BCUT2D eigenvalue weighted by atomic mass is 9.80. The van der Waals surface area contributed by atoms with Crippen molar-refractivity contribution in [1.82, 2.24) is 15.1 Å². The number of allylic oxidation sites excluding steroid dienone is 1. The standard InChI is InChI=1S/C20H43N7O2.C3H8/c1-6-7-8-16(21)13-25(23)9-10-26(24)14-17(22)15-29-18-11-19(2,3)27(28)20(4,5)12-18;1-3-2/h13-14,18,28H,6-12,15,21-24H2,1-5H3;3H2,1-2H3/b16-13-,17-14-;. The highest BCUT2D eigenvalue weighted by Gasteiger charge is 2.45. The summed E-state index contributed by atoms with van der Waals surface area (Å²) in [4.78, 5) is 0. The maximum absolute atomic E-state index is 10.4. The maximum atomic E-state index is 10.4. The predicted molar refractivity (Wildman–Crippen MR) is 133 cm³/mol. The van der Waals surface area contributed by atoms with Crippen molar-refractivity contribution in [2.45, 2.75) is 104 Å². The predicted octanol–water partition coefficient (Wildman–Crippen LogP) is 2.97. The van der Waals surface area contributed by atoms with E-state index in [-0.39, 0.29) is 23.8 Å². The van der Waals surface area contributed by atoms with Gasteiger partial charge in [0.05, 0.1) is 31.5 Å². The number of unbranched alkanes of at least 4 members (excludes halogenated alkanes) is 1. The molecule has 1 aliphatic heterocycles. The number of nitrogens with two attached hydrogens (primary N) is 4. The minimum atomic E-state index is -0.359. The first-order valence-corrected chi connectivity index (χ1v) is 11.8. The van der Waals surface area contributed by atoms with Gasteiger partial charge in [0.15, 0.2) is 0 Å². The average molecular weight is 458 g/mol. The molecule has 9 N–H and O–H groups in total. The molecule has 0 spiro atoms. The molecule has 190 valence electrons. The van der Waals surface area contributed by atoms with Gasteiger partial charge < -0.3 is 31.4 Å². The zero-order valence-electron chi connectivity index (χ0n) is 21.6. The summed E-state index contributed by atoms with van der Waals surface area (Å²) in [6.45, 7) is 15.7. The number of rotatable bonds is 11. The quantitative estimate of drug-likeness (QED) is 0.233. The largest absolute Gasteiger partial charge is 0.401 e. The van der Waals surface area contributed by atoms with Crippen molar-refractivity contribution in [3.63, 3.8) is 0 Å². The van der Waals surface area contributed by atoms with Gasteiger partial charge in [-0.05, 0) is 53.4 Å². The van der Waals surface area contributed by atoms with Crippen LogP contribution in [0.5, 0.6) is 0 Å². The Balaban J connectivity index is 0.00000302. The smallest absolute Gasteiger partial charge is 0.0879 e. The minimum Gasteiger partial charge on any atom is -0.401 e. The highest BCUT2D eigenvalue weighted by atomic mass is 16.5. The molecule has 1 heterocycles. The first-order chi connectivity index (χ1) is 14.8. The van der Waals surface area contributed by atoms with E-state index in [4.69, 9.17) is 27.9 Å². The topological polar surface area (TPSA) is 143 Å². The molecular weight excluding hydrogens is 406 g/mol. The molecule has 0 aromatic rings. The fraction of sp³-hybridized carbons (Fsp3) is 0.826. The molecule has 1 aliphatic rings. The molecular formula is C23H51N7O2. The zero-order chi connectivity index (χ0) is 24.9. The van der Waals surface area contributed by atoms with Gasteiger partial charge in [-0.3, -0.25) is 0 Å². The van der Waals surface area contributed by atoms with Crippen LogP contribution >= 0.6 is 0 Å². The molecule has 1 fully saturated rings. The van der Waals surface area contributed by atoms with Crippen LogP contribution in [-0.2, 0) is 4.74 Å². The monoisotopic (exact) mass is 457 g/mol. The van der Waals surface area contributed by atoms with E-state index >= 15 is 0 Å². The van der Waals surface area contributed by atoms with E-state index in [1.165, 1.54) is 21.5 Å². The number of hydrazine groups is 2. The summed E-state index contributed by atoms with van der Waals surface area (Å²) >= 11 is 0. The van der Waals surface area contributed by atoms with Gasteiger partial charge in [-0.1, -0.05) is 33.6 Å². The second kappa shape index (κ2) is 14.6. The van der Waals surface area contributed by atoms with E-state index in [1.54, 1.807) is 12.4 Å². The van der Waals surface area contributed by atoms with Gasteiger partial charge in [-0.2, -0.15) is 5.06 Å². The Labute approximate surface area is 196 Å². The molecule has 1 rings (SSSR count). The molecule has 0 bridgehead atoms. The molecule has 0 radical (unpaired) electrons. The molecule has 0 unspecified atom stereocenters. The normalized spacial score (nSPS) is 19.3. The van der Waals surface area contributed by atoms with E-state index < -0.39 is 0 Å². The maximum Gasteiger partial charge on any atom is 0.0879 e. The van der Waals surface area contributed by atoms with Crippen molar-refractivity contribution in [3.05, 3.63) is 23.8 Å². The van der Waals surface area contributed by atoms with Crippen LogP contribution in [0.25, 0.3) is 0 Å². The molecule has 0 aromatic heterocycles. The third-order valence-electron chi connectivity index (χ3n) is 5.19. The molecule has 0 aromatic carbocycles. The van der Waals surface area contributed by atoms with E-state index in [0.29, 0.717) is 18.8 Å². The Morgan fingerprint density at radius 2 is 1.41 bits per heavy atom. The molecule has 9 nitrogen and oxygen atoms in total. The van der Waals surface area contributed by atoms with Crippen LogP contribution in [0.4, 0.5) is 0 Å². The van der Waals surface area contributed by atoms with Gasteiger partial charge in [-0.25, -0.2) is 11.7 Å². The summed E-state index contributed by atoms with van der Waals surface area (Å²) in [5, 5.41) is 14.8. The SMILES string of the molecule is CCC.CCCC/C(N)=C/N(N)CCN(N)/C=C(\N)COC1CC(C)(C)N(O)C(C)(C)C1. The first-order valence-electron chi connectivity index (χ1n) is 11.8. The van der Waals surface area contributed by atoms with Crippen LogP contribution in [0, 0.1) is 0 Å². The second-order valence-electron chi connectivity index (χ2n) is 9.97. The number of ether oxygens (including phenoxy) is 1. The van der Waals surface area contributed by atoms with Crippen LogP contribution in [0.2, 0.25) is 0 Å². The molecule has 9 heteroatoms. The third kappa shape index (κ3) is 11.9. The Hall–Kier alpha value is -1.52. The van der Waals surface area contributed by atoms with Crippen LogP contribution in [0.15, 0.2) is 23.8 Å². The summed E-state index contributed by atoms with van der Waals surface area (Å²) in [6.07, 6.45) is 9.09. The van der Waals surface area contributed by atoms with Gasteiger partial charge in [0, 0.05) is 29.2 Å². The van der Waals surface area contributed by atoms with Crippen molar-refractivity contribution in [1.29, 1.82) is 0 Å². The number of nitrogens with zero attached hydrogens (tertiary/aromatic N) is 3. The summed E-state index contributed by atoms with van der Waals surface area (Å²) in [6, 6.07) is 0. The summed E-state index contributed by atoms with van der Waals surface area (Å²) in [5.41, 5.74) is 12.6. The van der Waals surface area contributed by atoms with E-state index in [0.717, 1.165) is 37.8 Å².